The van der Waals surface area contributed by atoms with Crippen LogP contribution < -0.4 is 5.73 Å². The molecule has 1 aliphatic carbocycles. The van der Waals surface area contributed by atoms with Crippen LogP contribution in [0.2, 0.25) is 0 Å². The number of nitrogens with two attached hydrogens (primary N) is 1. The first kappa shape index (κ1) is 9.49. The highest BCUT2D eigenvalue weighted by Gasteiger charge is 2.30. The minimum atomic E-state index is 0.643. The largest absolute Gasteiger partial charge is 0.381 e. The molecule has 0 saturated heterocycles. The van der Waals surface area contributed by atoms with Crippen molar-refractivity contribution in [2.24, 2.45) is 0 Å². The maximum atomic E-state index is 5.79. The van der Waals surface area contributed by atoms with Gasteiger partial charge in [-0.2, -0.15) is 0 Å². The Morgan fingerprint density at radius 3 is 2.86 bits per heavy atom. The molecule has 0 bridgehead atoms. The minimum Gasteiger partial charge on any atom is -0.381 e. The molecule has 78 valence electrons. The van der Waals surface area contributed by atoms with Gasteiger partial charge in [0.15, 0.2) is 5.82 Å². The van der Waals surface area contributed by atoms with E-state index in [0.717, 1.165) is 6.54 Å². The molecule has 0 radical (unpaired) electrons. The predicted octanol–water partition coefficient (Wildman–Crippen LogP) is 1.93. The molecule has 0 unspecified atom stereocenters. The van der Waals surface area contributed by atoms with E-state index in [4.69, 9.17) is 5.73 Å². The maximum absolute atomic E-state index is 5.79. The van der Waals surface area contributed by atoms with Crippen LogP contribution in [0.15, 0.2) is 0 Å². The fraction of sp³-hybridized carbons (Fsp3) is 0.800. The molecule has 0 aliphatic heterocycles. The molecular weight excluding hydrogens is 176 g/mol. The lowest BCUT2D eigenvalue weighted by Gasteiger charge is -2.04. The summed E-state index contributed by atoms with van der Waals surface area (Å²) < 4.78 is 2.00. The second-order valence-electron chi connectivity index (χ2n) is 4.06. The van der Waals surface area contributed by atoms with Crippen molar-refractivity contribution in [1.82, 2.24) is 15.0 Å². The summed E-state index contributed by atoms with van der Waals surface area (Å²) in [6.07, 6.45) is 6.18. The van der Waals surface area contributed by atoms with E-state index in [1.165, 1.54) is 37.8 Å². The molecule has 1 aromatic rings. The SMILES string of the molecule is CCCCCn1nnc(N)c1C1CC1. The lowest BCUT2D eigenvalue weighted by atomic mass is 10.2. The predicted molar refractivity (Wildman–Crippen MR) is 55.9 cm³/mol. The third kappa shape index (κ3) is 1.89. The van der Waals surface area contributed by atoms with Gasteiger partial charge in [0.05, 0.1) is 5.69 Å². The van der Waals surface area contributed by atoms with Gasteiger partial charge in [-0.05, 0) is 19.3 Å². The van der Waals surface area contributed by atoms with Crippen LogP contribution in [0.4, 0.5) is 5.82 Å². The topological polar surface area (TPSA) is 56.7 Å². The zero-order chi connectivity index (χ0) is 9.97. The standard InChI is InChI=1S/C10H18N4/c1-2-3-4-7-14-9(8-5-6-8)10(11)12-13-14/h8H,2-7,11H2,1H3. The minimum absolute atomic E-state index is 0.643. The van der Waals surface area contributed by atoms with E-state index >= 15 is 0 Å². The van der Waals surface area contributed by atoms with Crippen molar-refractivity contribution in [3.63, 3.8) is 0 Å². The molecule has 1 aliphatic rings. The van der Waals surface area contributed by atoms with Gasteiger partial charge >= 0.3 is 0 Å². The zero-order valence-electron chi connectivity index (χ0n) is 8.74. The Bertz CT molecular complexity index is 301. The van der Waals surface area contributed by atoms with Gasteiger partial charge < -0.3 is 5.73 Å². The Morgan fingerprint density at radius 2 is 2.21 bits per heavy atom. The first-order valence-electron chi connectivity index (χ1n) is 5.51. The van der Waals surface area contributed by atoms with Crippen LogP contribution >= 0.6 is 0 Å². The average molecular weight is 194 g/mol. The van der Waals surface area contributed by atoms with Crippen LogP contribution in [0.1, 0.15) is 50.6 Å². The van der Waals surface area contributed by atoms with E-state index in [1.54, 1.807) is 0 Å². The Morgan fingerprint density at radius 1 is 1.43 bits per heavy atom. The van der Waals surface area contributed by atoms with Crippen molar-refractivity contribution < 1.29 is 0 Å². The van der Waals surface area contributed by atoms with Crippen molar-refractivity contribution in [2.75, 3.05) is 5.73 Å². The number of rotatable bonds is 5. The Kier molecular flexibility index (Phi) is 2.70. The number of hydrogen-bond donors (Lipinski definition) is 1. The summed E-state index contributed by atoms with van der Waals surface area (Å²) in [5.74, 6) is 1.29. The molecule has 0 amide bonds. The van der Waals surface area contributed by atoms with Gasteiger partial charge in [0, 0.05) is 12.5 Å². The highest BCUT2D eigenvalue weighted by Crippen LogP contribution is 2.41. The molecule has 0 aromatic carbocycles. The Hall–Kier alpha value is -1.06. The normalized spacial score (nSPS) is 16.1. The van der Waals surface area contributed by atoms with Crippen molar-refractivity contribution in [3.05, 3.63) is 5.69 Å². The van der Waals surface area contributed by atoms with Crippen LogP contribution in [0.3, 0.4) is 0 Å². The molecule has 0 atom stereocenters. The van der Waals surface area contributed by atoms with Crippen LogP contribution in [-0.4, -0.2) is 15.0 Å². The molecule has 1 saturated carbocycles. The molecule has 14 heavy (non-hydrogen) atoms. The number of unbranched alkanes of at least 4 members (excludes halogenated alkanes) is 2. The number of nitrogen functional groups attached to an aromatic ring is 1. The smallest absolute Gasteiger partial charge is 0.169 e. The van der Waals surface area contributed by atoms with Gasteiger partial charge in [0.25, 0.3) is 0 Å². The number of nitrogens with zero attached hydrogens (tertiary/aromatic N) is 3. The van der Waals surface area contributed by atoms with Crippen molar-refractivity contribution in [1.29, 1.82) is 0 Å². The van der Waals surface area contributed by atoms with Crippen molar-refractivity contribution in [3.8, 4) is 0 Å². The number of aryl methyl sites for hydroxylation is 1. The van der Waals surface area contributed by atoms with Crippen LogP contribution in [0, 0.1) is 0 Å². The fourth-order valence-corrected chi connectivity index (χ4v) is 1.79. The van der Waals surface area contributed by atoms with E-state index in [1.807, 2.05) is 4.68 Å². The number of aromatic nitrogens is 3. The molecule has 1 aromatic heterocycles. The zero-order valence-corrected chi connectivity index (χ0v) is 8.74. The van der Waals surface area contributed by atoms with Crippen LogP contribution in [0.25, 0.3) is 0 Å². The van der Waals surface area contributed by atoms with Gasteiger partial charge in [0.2, 0.25) is 0 Å². The summed E-state index contributed by atoms with van der Waals surface area (Å²) in [5, 5.41) is 8.04. The van der Waals surface area contributed by atoms with E-state index in [9.17, 15) is 0 Å². The summed E-state index contributed by atoms with van der Waals surface area (Å²) in [5.41, 5.74) is 6.97. The van der Waals surface area contributed by atoms with Crippen molar-refractivity contribution in [2.45, 2.75) is 51.5 Å². The third-order valence-electron chi connectivity index (χ3n) is 2.74. The summed E-state index contributed by atoms with van der Waals surface area (Å²) in [6, 6.07) is 0. The fourth-order valence-electron chi connectivity index (χ4n) is 1.79. The molecular formula is C10H18N4. The highest BCUT2D eigenvalue weighted by molar-refractivity contribution is 5.38. The second-order valence-corrected chi connectivity index (χ2v) is 4.06. The lowest BCUT2D eigenvalue weighted by Crippen LogP contribution is -2.05. The van der Waals surface area contributed by atoms with E-state index < -0.39 is 0 Å². The number of hydrogen-bond acceptors (Lipinski definition) is 3. The molecule has 1 heterocycles. The maximum Gasteiger partial charge on any atom is 0.169 e. The monoisotopic (exact) mass is 194 g/mol. The molecule has 4 heteroatoms. The summed E-state index contributed by atoms with van der Waals surface area (Å²) >= 11 is 0. The van der Waals surface area contributed by atoms with E-state index in [0.29, 0.717) is 11.7 Å². The van der Waals surface area contributed by atoms with Crippen LogP contribution in [-0.2, 0) is 6.54 Å². The molecule has 2 N–H and O–H groups in total. The first-order valence-corrected chi connectivity index (χ1v) is 5.51. The lowest BCUT2D eigenvalue weighted by molar-refractivity contribution is 0.520. The molecule has 1 fully saturated rings. The molecule has 4 nitrogen and oxygen atoms in total. The molecule has 2 rings (SSSR count). The van der Waals surface area contributed by atoms with Gasteiger partial charge in [-0.3, -0.25) is 0 Å². The summed E-state index contributed by atoms with van der Waals surface area (Å²) in [6.45, 7) is 3.18. The highest BCUT2D eigenvalue weighted by atomic mass is 15.4. The second kappa shape index (κ2) is 3.98. The Labute approximate surface area is 84.5 Å². The number of anilines is 1. The van der Waals surface area contributed by atoms with Crippen LogP contribution in [0.5, 0.6) is 0 Å². The van der Waals surface area contributed by atoms with E-state index in [2.05, 4.69) is 17.2 Å². The van der Waals surface area contributed by atoms with Gasteiger partial charge in [-0.15, -0.1) is 5.10 Å². The third-order valence-corrected chi connectivity index (χ3v) is 2.74. The average Bonchev–Trinajstić information content (AvgIpc) is 2.93. The summed E-state index contributed by atoms with van der Waals surface area (Å²) in [4.78, 5) is 0. The van der Waals surface area contributed by atoms with Gasteiger partial charge in [-0.1, -0.05) is 25.0 Å². The van der Waals surface area contributed by atoms with Gasteiger partial charge in [0.1, 0.15) is 0 Å². The van der Waals surface area contributed by atoms with Gasteiger partial charge in [-0.25, -0.2) is 4.68 Å². The Balaban J connectivity index is 2.01. The quantitative estimate of drug-likeness (QED) is 0.729. The first-order chi connectivity index (χ1) is 6.83. The van der Waals surface area contributed by atoms with E-state index in [-0.39, 0.29) is 0 Å². The summed E-state index contributed by atoms with van der Waals surface area (Å²) in [7, 11) is 0. The molecule has 0 spiro atoms. The van der Waals surface area contributed by atoms with Crippen molar-refractivity contribution >= 4 is 5.82 Å².